The second-order valence-electron chi connectivity index (χ2n) is 30.6. The van der Waals surface area contributed by atoms with Crippen LogP contribution in [0.25, 0.3) is 144 Å². The Balaban J connectivity index is 0.925. The molecule has 0 unspecified atom stereocenters. The van der Waals surface area contributed by atoms with Crippen molar-refractivity contribution < 1.29 is 0 Å². The highest BCUT2D eigenvalue weighted by Gasteiger charge is 2.46. The van der Waals surface area contributed by atoms with Crippen molar-refractivity contribution in [3.05, 3.63) is 449 Å². The second kappa shape index (κ2) is 28.6. The summed E-state index contributed by atoms with van der Waals surface area (Å²) in [6, 6.07) is 168. The smallest absolute Gasteiger partial charge is 0.252 e. The summed E-state index contributed by atoms with van der Waals surface area (Å²) in [6.07, 6.45) is 0. The zero-order valence-corrected chi connectivity index (χ0v) is 63.6. The summed E-state index contributed by atoms with van der Waals surface area (Å²) in [5, 5.41) is 7.51. The predicted octanol–water partition coefficient (Wildman–Crippen LogP) is 28.8. The lowest BCUT2D eigenvalue weighted by Crippen LogP contribution is -2.61. The van der Waals surface area contributed by atoms with Gasteiger partial charge in [0.2, 0.25) is 0 Å². The molecule has 0 saturated carbocycles. The molecule has 0 aliphatic carbocycles. The van der Waals surface area contributed by atoms with Gasteiger partial charge in [0.1, 0.15) is 0 Å². The van der Waals surface area contributed by atoms with Crippen molar-refractivity contribution in [1.29, 1.82) is 0 Å². The Bertz CT molecular complexity index is 6850. The summed E-state index contributed by atoms with van der Waals surface area (Å²) in [7, 11) is 0. The minimum absolute atomic E-state index is 0.331. The second-order valence-corrected chi connectivity index (χ2v) is 30.6. The molecule has 20 aromatic carbocycles. The number of hydrogen-bond acceptors (Lipinski definition) is 3. The van der Waals surface area contributed by atoms with E-state index in [2.05, 4.69) is 464 Å². The van der Waals surface area contributed by atoms with Crippen molar-refractivity contribution in [2.45, 2.75) is 0 Å². The van der Waals surface area contributed by atoms with Gasteiger partial charge >= 0.3 is 0 Å². The average molecular weight is 1470 g/mol. The molecule has 116 heavy (non-hydrogen) atoms. The molecular weight excluding hydrogens is 1400 g/mol. The molecule has 0 radical (unpaired) electrons. The molecule has 2 aliphatic heterocycles. The third-order valence-electron chi connectivity index (χ3n) is 23.9. The maximum Gasteiger partial charge on any atom is 0.252 e. The Labute approximate surface area is 676 Å². The SMILES string of the molecule is c1ccc(-c2ccc(N(c3ccc(-c4ccccc4)cc3)c3cc4c5c(c3)N(c3c(-c6ccccc6)cc(-c6ccccc6)cc3-c3ccccc3)c3cc(-c6ccc7ccc8cccc9ccc6c7c89)ccc3B5c3cc(-c5ccccc5)ccc3N4c3c(-c4ccccc4)cc(-c4ccccc4)cc3-c3ccccc3)cc2)cc1. The van der Waals surface area contributed by atoms with Crippen molar-refractivity contribution in [3.8, 4) is 111 Å². The number of rotatable bonds is 15. The van der Waals surface area contributed by atoms with Gasteiger partial charge in [-0.15, -0.1) is 0 Å². The summed E-state index contributed by atoms with van der Waals surface area (Å²) < 4.78 is 0. The Morgan fingerprint density at radius 1 is 0.181 bits per heavy atom. The maximum absolute atomic E-state index is 2.72. The van der Waals surface area contributed by atoms with Crippen LogP contribution in [-0.4, -0.2) is 6.71 Å². The van der Waals surface area contributed by atoms with Crippen molar-refractivity contribution >= 4 is 107 Å². The first-order chi connectivity index (χ1) is 57.5. The lowest BCUT2D eigenvalue weighted by Gasteiger charge is -2.46. The van der Waals surface area contributed by atoms with Crippen LogP contribution in [0.1, 0.15) is 0 Å². The first-order valence-corrected chi connectivity index (χ1v) is 40.1. The van der Waals surface area contributed by atoms with Crippen molar-refractivity contribution in [3.63, 3.8) is 0 Å². The maximum atomic E-state index is 2.72. The Morgan fingerprint density at radius 2 is 0.517 bits per heavy atom. The fourth-order valence-electron chi connectivity index (χ4n) is 18.6. The van der Waals surface area contributed by atoms with Gasteiger partial charge in [0.15, 0.2) is 0 Å². The number of anilines is 9. The van der Waals surface area contributed by atoms with Crippen LogP contribution in [0.15, 0.2) is 449 Å². The third-order valence-corrected chi connectivity index (χ3v) is 23.9. The average Bonchev–Trinajstić information content (AvgIpc) is 0.685. The molecule has 0 fully saturated rings. The molecule has 3 nitrogen and oxygen atoms in total. The van der Waals surface area contributed by atoms with Crippen molar-refractivity contribution in [2.24, 2.45) is 0 Å². The molecule has 20 aromatic rings. The zero-order chi connectivity index (χ0) is 76.6. The van der Waals surface area contributed by atoms with E-state index in [0.717, 1.165) is 157 Å². The Morgan fingerprint density at radius 3 is 0.940 bits per heavy atom. The monoisotopic (exact) mass is 1470 g/mol. The van der Waals surface area contributed by atoms with E-state index in [4.69, 9.17) is 0 Å². The predicted molar refractivity (Wildman–Crippen MR) is 493 cm³/mol. The van der Waals surface area contributed by atoms with Gasteiger partial charge in [0, 0.05) is 56.4 Å². The first kappa shape index (κ1) is 67.8. The van der Waals surface area contributed by atoms with Gasteiger partial charge in [-0.2, -0.15) is 0 Å². The van der Waals surface area contributed by atoms with E-state index in [1.807, 2.05) is 0 Å². The van der Waals surface area contributed by atoms with Crippen LogP contribution in [0.3, 0.4) is 0 Å². The van der Waals surface area contributed by atoms with Crippen LogP contribution in [0.4, 0.5) is 51.2 Å². The molecule has 4 heteroatoms. The van der Waals surface area contributed by atoms with Crippen LogP contribution >= 0.6 is 0 Å². The Hall–Kier alpha value is -15.1. The molecule has 0 bridgehead atoms. The highest BCUT2D eigenvalue weighted by Crippen LogP contribution is 2.57. The van der Waals surface area contributed by atoms with E-state index in [9.17, 15) is 0 Å². The lowest BCUT2D eigenvalue weighted by atomic mass is 9.33. The zero-order valence-electron chi connectivity index (χ0n) is 63.6. The molecule has 0 saturated heterocycles. The van der Waals surface area contributed by atoms with Gasteiger partial charge < -0.3 is 14.7 Å². The van der Waals surface area contributed by atoms with E-state index in [-0.39, 0.29) is 6.71 Å². The lowest BCUT2D eigenvalue weighted by molar-refractivity contribution is 1.23. The minimum atomic E-state index is -0.331. The molecule has 2 aliphatic rings. The molecule has 0 spiro atoms. The minimum Gasteiger partial charge on any atom is -0.310 e. The van der Waals surface area contributed by atoms with E-state index in [1.54, 1.807) is 0 Å². The summed E-state index contributed by atoms with van der Waals surface area (Å²) in [5.41, 5.74) is 35.6. The van der Waals surface area contributed by atoms with Crippen LogP contribution in [0, 0.1) is 0 Å². The Kier molecular flexibility index (Phi) is 16.7. The van der Waals surface area contributed by atoms with E-state index in [0.29, 0.717) is 0 Å². The molecule has 22 rings (SSSR count). The van der Waals surface area contributed by atoms with Gasteiger partial charge in [-0.05, 0) is 211 Å². The van der Waals surface area contributed by atoms with E-state index < -0.39 is 0 Å². The van der Waals surface area contributed by atoms with Crippen molar-refractivity contribution in [2.75, 3.05) is 14.7 Å². The number of hydrogen-bond donors (Lipinski definition) is 0. The molecule has 0 amide bonds. The summed E-state index contributed by atoms with van der Waals surface area (Å²) in [6.45, 7) is -0.331. The summed E-state index contributed by atoms with van der Waals surface area (Å²) >= 11 is 0. The van der Waals surface area contributed by atoms with Gasteiger partial charge in [-0.25, -0.2) is 0 Å². The fourth-order valence-corrected chi connectivity index (χ4v) is 18.6. The molecular formula is C112H74BN3. The molecule has 540 valence electrons. The molecule has 2 heterocycles. The van der Waals surface area contributed by atoms with E-state index in [1.165, 1.54) is 54.3 Å². The number of fused-ring (bicyclic) bond motifs is 4. The summed E-state index contributed by atoms with van der Waals surface area (Å²) in [5.74, 6) is 0. The van der Waals surface area contributed by atoms with Crippen LogP contribution in [0.5, 0.6) is 0 Å². The van der Waals surface area contributed by atoms with Crippen LogP contribution < -0.4 is 31.1 Å². The summed E-state index contributed by atoms with van der Waals surface area (Å²) in [4.78, 5) is 7.93. The first-order valence-electron chi connectivity index (χ1n) is 40.1. The fraction of sp³-hybridized carbons (Fsp3) is 0. The van der Waals surface area contributed by atoms with Gasteiger partial charge in [-0.3, -0.25) is 0 Å². The quantitative estimate of drug-likeness (QED) is 0.0748. The third kappa shape index (κ3) is 11.8. The molecule has 0 aromatic heterocycles. The van der Waals surface area contributed by atoms with E-state index >= 15 is 0 Å². The molecule has 0 N–H and O–H groups in total. The number of nitrogens with zero attached hydrogens (tertiary/aromatic N) is 3. The van der Waals surface area contributed by atoms with Gasteiger partial charge in [-0.1, -0.05) is 376 Å². The molecule has 0 atom stereocenters. The standard InChI is InChI=1S/C112H74BN3/c1-10-29-75(30-11-1)80-51-59-93(60-52-80)114(94-61-53-81(54-62-94)76-31-12-2-13-32-76)95-73-106-110-107(74-95)116(112-100(84-43-24-8-25-44-84)69-92(79-37-18-5-19-38-79)70-101(112)85-45-26-9-27-46-85)105-72-90(96-63-55-88-50-49-86-47-28-48-87-56-64-97(96)109(88)108(86)87)57-65-102(105)113(110)103-71-89(77-33-14-3-15-34-77)58-66-104(103)115(106)111-98(82-39-20-6-21-40-82)67-91(78-35-16-4-17-36-78)68-99(111)83-41-22-7-23-42-83/h1-74H. The number of benzene rings is 20. The largest absolute Gasteiger partial charge is 0.310 e. The van der Waals surface area contributed by atoms with Crippen molar-refractivity contribution in [1.82, 2.24) is 0 Å². The van der Waals surface area contributed by atoms with Gasteiger partial charge in [0.05, 0.1) is 17.1 Å². The van der Waals surface area contributed by atoms with Crippen LogP contribution in [0.2, 0.25) is 0 Å². The normalized spacial score (nSPS) is 12.1. The topological polar surface area (TPSA) is 9.72 Å². The van der Waals surface area contributed by atoms with Crippen LogP contribution in [-0.2, 0) is 0 Å². The highest BCUT2D eigenvalue weighted by molar-refractivity contribution is 7.00. The van der Waals surface area contributed by atoms with Gasteiger partial charge in [0.25, 0.3) is 6.71 Å². The highest BCUT2D eigenvalue weighted by atomic mass is 15.2.